The maximum Gasteiger partial charge on any atom is 0.268 e. The van der Waals surface area contributed by atoms with Gasteiger partial charge < -0.3 is 5.73 Å². The first-order chi connectivity index (χ1) is 10.5. The van der Waals surface area contributed by atoms with Crippen molar-refractivity contribution in [2.24, 2.45) is 11.7 Å². The first-order valence-electron chi connectivity index (χ1n) is 7.01. The fourth-order valence-corrected chi connectivity index (χ4v) is 3.67. The number of nitrogens with two attached hydrogens (primary N) is 1. The first kappa shape index (κ1) is 15.2. The van der Waals surface area contributed by atoms with Crippen molar-refractivity contribution in [3.8, 4) is 5.13 Å². The first-order valence-corrected chi connectivity index (χ1v) is 8.68. The molecule has 4 nitrogen and oxygen atoms in total. The summed E-state index contributed by atoms with van der Waals surface area (Å²) in [6.45, 7) is 4.41. The molecule has 2 heterocycles. The third kappa shape index (κ3) is 2.80. The molecular formula is C16H16BrN3OS. The lowest BCUT2D eigenvalue weighted by Crippen LogP contribution is -2.11. The maximum atomic E-state index is 11.3. The standard InChI is InChI=1S/C16H16BrN3OS/c1-9(2)5-10-7-20(14-6-11(17)3-4-12(10)14)16-19-13(8-22-16)15(18)21/h3-4,6-9H,5H2,1-2H3,(H2,18,21). The summed E-state index contributed by atoms with van der Waals surface area (Å²) < 4.78 is 3.05. The molecule has 0 bridgehead atoms. The van der Waals surface area contributed by atoms with Crippen molar-refractivity contribution in [1.82, 2.24) is 9.55 Å². The van der Waals surface area contributed by atoms with Crippen LogP contribution in [-0.4, -0.2) is 15.5 Å². The molecule has 2 N–H and O–H groups in total. The minimum absolute atomic E-state index is 0.308. The van der Waals surface area contributed by atoms with Crippen molar-refractivity contribution < 1.29 is 4.79 Å². The van der Waals surface area contributed by atoms with Crippen LogP contribution in [-0.2, 0) is 6.42 Å². The molecule has 2 aromatic heterocycles. The summed E-state index contributed by atoms with van der Waals surface area (Å²) >= 11 is 4.94. The van der Waals surface area contributed by atoms with E-state index in [1.165, 1.54) is 22.3 Å². The van der Waals surface area contributed by atoms with Crippen molar-refractivity contribution in [1.29, 1.82) is 0 Å². The van der Waals surface area contributed by atoms with E-state index in [1.54, 1.807) is 5.38 Å². The zero-order valence-electron chi connectivity index (χ0n) is 12.3. The lowest BCUT2D eigenvalue weighted by Gasteiger charge is -2.02. The number of nitrogens with zero attached hydrogens (tertiary/aromatic N) is 2. The van der Waals surface area contributed by atoms with Gasteiger partial charge in [-0.3, -0.25) is 9.36 Å². The maximum absolute atomic E-state index is 11.3. The SMILES string of the molecule is CC(C)Cc1cn(-c2nc(C(N)=O)cs2)c2cc(Br)ccc12. The van der Waals surface area contributed by atoms with Gasteiger partial charge in [-0.1, -0.05) is 35.8 Å². The molecule has 0 aliphatic rings. The monoisotopic (exact) mass is 377 g/mol. The van der Waals surface area contributed by atoms with E-state index in [2.05, 4.69) is 53.1 Å². The fraction of sp³-hybridized carbons (Fsp3) is 0.250. The van der Waals surface area contributed by atoms with Gasteiger partial charge in [0.1, 0.15) is 5.69 Å². The molecule has 22 heavy (non-hydrogen) atoms. The lowest BCUT2D eigenvalue weighted by atomic mass is 10.0. The highest BCUT2D eigenvalue weighted by Gasteiger charge is 2.15. The average Bonchev–Trinajstić information content (AvgIpc) is 3.03. The van der Waals surface area contributed by atoms with Gasteiger partial charge in [0, 0.05) is 21.4 Å². The number of amides is 1. The summed E-state index contributed by atoms with van der Waals surface area (Å²) in [5.74, 6) is 0.0720. The van der Waals surface area contributed by atoms with Crippen molar-refractivity contribution in [2.45, 2.75) is 20.3 Å². The minimum atomic E-state index is -0.498. The fourth-order valence-electron chi connectivity index (χ4n) is 2.52. The minimum Gasteiger partial charge on any atom is -0.364 e. The van der Waals surface area contributed by atoms with Crippen LogP contribution in [0.5, 0.6) is 0 Å². The Morgan fingerprint density at radius 3 is 2.86 bits per heavy atom. The van der Waals surface area contributed by atoms with Crippen LogP contribution < -0.4 is 5.73 Å². The van der Waals surface area contributed by atoms with E-state index in [4.69, 9.17) is 5.73 Å². The summed E-state index contributed by atoms with van der Waals surface area (Å²) in [5.41, 5.74) is 7.97. The summed E-state index contributed by atoms with van der Waals surface area (Å²) in [6, 6.07) is 6.24. The number of hydrogen-bond donors (Lipinski definition) is 1. The molecule has 0 aliphatic carbocycles. The summed E-state index contributed by atoms with van der Waals surface area (Å²) in [4.78, 5) is 15.6. The second-order valence-electron chi connectivity index (χ2n) is 5.66. The Hall–Kier alpha value is -1.66. The molecule has 3 rings (SSSR count). The Labute approximate surface area is 141 Å². The number of thiazole rings is 1. The van der Waals surface area contributed by atoms with Crippen LogP contribution in [0.4, 0.5) is 0 Å². The van der Waals surface area contributed by atoms with Crippen LogP contribution in [0.1, 0.15) is 29.9 Å². The van der Waals surface area contributed by atoms with Gasteiger partial charge in [0.15, 0.2) is 5.13 Å². The van der Waals surface area contributed by atoms with E-state index in [0.717, 1.165) is 21.5 Å². The highest BCUT2D eigenvalue weighted by Crippen LogP contribution is 2.30. The molecule has 6 heteroatoms. The third-order valence-electron chi connectivity index (χ3n) is 3.43. The number of fused-ring (bicyclic) bond motifs is 1. The van der Waals surface area contributed by atoms with Gasteiger partial charge in [-0.2, -0.15) is 0 Å². The zero-order valence-corrected chi connectivity index (χ0v) is 14.7. The molecule has 0 fully saturated rings. The van der Waals surface area contributed by atoms with Crippen LogP contribution in [0.3, 0.4) is 0 Å². The smallest absolute Gasteiger partial charge is 0.268 e. The van der Waals surface area contributed by atoms with E-state index in [-0.39, 0.29) is 0 Å². The van der Waals surface area contributed by atoms with Crippen molar-refractivity contribution >= 4 is 44.1 Å². The largest absolute Gasteiger partial charge is 0.364 e. The Kier molecular flexibility index (Phi) is 4.06. The van der Waals surface area contributed by atoms with Crippen molar-refractivity contribution in [3.63, 3.8) is 0 Å². The van der Waals surface area contributed by atoms with Gasteiger partial charge in [0.05, 0.1) is 5.52 Å². The number of primary amides is 1. The lowest BCUT2D eigenvalue weighted by molar-refractivity contribution is 0.0996. The topological polar surface area (TPSA) is 60.9 Å². The molecule has 0 radical (unpaired) electrons. The Balaban J connectivity index is 2.19. The van der Waals surface area contributed by atoms with E-state index in [9.17, 15) is 4.79 Å². The summed E-state index contributed by atoms with van der Waals surface area (Å²) in [6.07, 6.45) is 3.11. The number of carbonyl (C=O) groups excluding carboxylic acids is 1. The quantitative estimate of drug-likeness (QED) is 0.742. The second kappa shape index (κ2) is 5.85. The molecule has 0 aliphatic heterocycles. The molecule has 0 spiro atoms. The van der Waals surface area contributed by atoms with Gasteiger partial charge in [0.2, 0.25) is 0 Å². The van der Waals surface area contributed by atoms with Gasteiger partial charge in [0.25, 0.3) is 5.91 Å². The molecule has 114 valence electrons. The number of carbonyl (C=O) groups is 1. The number of hydrogen-bond acceptors (Lipinski definition) is 3. The van der Waals surface area contributed by atoms with E-state index in [1.807, 2.05) is 10.6 Å². The highest BCUT2D eigenvalue weighted by atomic mass is 79.9. The van der Waals surface area contributed by atoms with E-state index < -0.39 is 5.91 Å². The number of rotatable bonds is 4. The molecule has 0 saturated heterocycles. The molecular weight excluding hydrogens is 362 g/mol. The molecule has 0 unspecified atom stereocenters. The van der Waals surface area contributed by atoms with E-state index in [0.29, 0.717) is 11.6 Å². The van der Waals surface area contributed by atoms with Gasteiger partial charge in [-0.15, -0.1) is 11.3 Å². The number of benzene rings is 1. The third-order valence-corrected chi connectivity index (χ3v) is 4.76. The molecule has 1 aromatic carbocycles. The van der Waals surface area contributed by atoms with Crippen LogP contribution in [0.2, 0.25) is 0 Å². The Bertz CT molecular complexity index is 850. The van der Waals surface area contributed by atoms with E-state index >= 15 is 0 Å². The predicted octanol–water partition coefficient (Wildman–Crippen LogP) is 4.15. The number of aromatic nitrogens is 2. The Morgan fingerprint density at radius 2 is 2.23 bits per heavy atom. The van der Waals surface area contributed by atoms with Crippen molar-refractivity contribution in [3.05, 3.63) is 45.5 Å². The van der Waals surface area contributed by atoms with Crippen LogP contribution in [0.25, 0.3) is 16.0 Å². The van der Waals surface area contributed by atoms with Gasteiger partial charge in [-0.25, -0.2) is 4.98 Å². The average molecular weight is 378 g/mol. The van der Waals surface area contributed by atoms with Crippen LogP contribution in [0, 0.1) is 5.92 Å². The highest BCUT2D eigenvalue weighted by molar-refractivity contribution is 9.10. The Morgan fingerprint density at radius 1 is 1.45 bits per heavy atom. The normalized spacial score (nSPS) is 11.5. The molecule has 1 amide bonds. The molecule has 0 atom stereocenters. The van der Waals surface area contributed by atoms with Gasteiger partial charge >= 0.3 is 0 Å². The summed E-state index contributed by atoms with van der Waals surface area (Å²) in [5, 5.41) is 3.67. The second-order valence-corrected chi connectivity index (χ2v) is 7.42. The zero-order chi connectivity index (χ0) is 15.9. The van der Waals surface area contributed by atoms with Crippen LogP contribution in [0.15, 0.2) is 34.2 Å². The molecule has 0 saturated carbocycles. The van der Waals surface area contributed by atoms with Crippen LogP contribution >= 0.6 is 27.3 Å². The van der Waals surface area contributed by atoms with Crippen molar-refractivity contribution in [2.75, 3.05) is 0 Å². The van der Waals surface area contributed by atoms with Gasteiger partial charge in [-0.05, 0) is 30.0 Å². The predicted molar refractivity (Wildman–Crippen MR) is 93.7 cm³/mol. The molecule has 3 aromatic rings. The number of halogens is 1. The summed E-state index contributed by atoms with van der Waals surface area (Å²) in [7, 11) is 0.